The van der Waals surface area contributed by atoms with Crippen LogP contribution in [0.2, 0.25) is 0 Å². The largest absolute Gasteiger partial charge is 0.444 e. The lowest BCUT2D eigenvalue weighted by atomic mass is 9.95. The highest BCUT2D eigenvalue weighted by molar-refractivity contribution is 5.68. The molecule has 0 aromatic carbocycles. The molecule has 2 fully saturated rings. The van der Waals surface area contributed by atoms with Crippen LogP contribution < -0.4 is 5.32 Å². The summed E-state index contributed by atoms with van der Waals surface area (Å²) in [7, 11) is 0. The van der Waals surface area contributed by atoms with Gasteiger partial charge in [-0.25, -0.2) is 4.79 Å². The molecule has 1 N–H and O–H groups in total. The van der Waals surface area contributed by atoms with Crippen LogP contribution >= 0.6 is 0 Å². The molecule has 0 aromatic rings. The standard InChI is InChI=1S/C17H33N3O2/c1-13-10-19(16(21)22-17(3,4)5)11-14(2)20(13)12-15-6-8-18-9-7-15/h13-15,18H,6-12H2,1-5H3/t13-,14+. The Bertz CT molecular complexity index is 363. The molecule has 0 aliphatic carbocycles. The first-order chi connectivity index (χ1) is 10.3. The highest BCUT2D eigenvalue weighted by Gasteiger charge is 2.34. The van der Waals surface area contributed by atoms with E-state index in [9.17, 15) is 4.79 Å². The zero-order valence-corrected chi connectivity index (χ0v) is 14.9. The van der Waals surface area contributed by atoms with Crippen molar-refractivity contribution in [1.82, 2.24) is 15.1 Å². The third kappa shape index (κ3) is 4.85. The van der Waals surface area contributed by atoms with Gasteiger partial charge in [-0.15, -0.1) is 0 Å². The van der Waals surface area contributed by atoms with Crippen LogP contribution in [-0.4, -0.2) is 66.3 Å². The summed E-state index contributed by atoms with van der Waals surface area (Å²) < 4.78 is 5.52. The van der Waals surface area contributed by atoms with Crippen LogP contribution in [0.15, 0.2) is 0 Å². The van der Waals surface area contributed by atoms with Crippen molar-refractivity contribution in [1.29, 1.82) is 0 Å². The van der Waals surface area contributed by atoms with Crippen LogP contribution in [0.3, 0.4) is 0 Å². The molecular weight excluding hydrogens is 278 g/mol. The minimum atomic E-state index is -0.421. The minimum Gasteiger partial charge on any atom is -0.444 e. The Morgan fingerprint density at radius 3 is 2.18 bits per heavy atom. The van der Waals surface area contributed by atoms with E-state index in [0.29, 0.717) is 12.1 Å². The average molecular weight is 311 g/mol. The molecule has 0 radical (unpaired) electrons. The van der Waals surface area contributed by atoms with Gasteiger partial charge in [0, 0.05) is 31.7 Å². The molecule has 2 saturated heterocycles. The van der Waals surface area contributed by atoms with Gasteiger partial charge in [-0.2, -0.15) is 0 Å². The van der Waals surface area contributed by atoms with Crippen molar-refractivity contribution in [2.45, 2.75) is 65.1 Å². The maximum atomic E-state index is 12.3. The van der Waals surface area contributed by atoms with Crippen molar-refractivity contribution in [3.05, 3.63) is 0 Å². The summed E-state index contributed by atoms with van der Waals surface area (Å²) in [5, 5.41) is 3.43. The lowest BCUT2D eigenvalue weighted by Crippen LogP contribution is -2.59. The van der Waals surface area contributed by atoms with Gasteiger partial charge in [0.05, 0.1) is 0 Å². The summed E-state index contributed by atoms with van der Waals surface area (Å²) in [6.07, 6.45) is 2.37. The smallest absolute Gasteiger partial charge is 0.410 e. The molecule has 1 amide bonds. The van der Waals surface area contributed by atoms with Crippen molar-refractivity contribution in [3.63, 3.8) is 0 Å². The van der Waals surface area contributed by atoms with E-state index in [1.165, 1.54) is 12.8 Å². The van der Waals surface area contributed by atoms with Crippen LogP contribution in [0.25, 0.3) is 0 Å². The van der Waals surface area contributed by atoms with Crippen molar-refractivity contribution in [2.75, 3.05) is 32.7 Å². The second kappa shape index (κ2) is 7.18. The Balaban J connectivity index is 1.89. The number of rotatable bonds is 2. The Hall–Kier alpha value is -0.810. The molecule has 5 nitrogen and oxygen atoms in total. The second-order valence-corrected chi connectivity index (χ2v) is 7.97. The highest BCUT2D eigenvalue weighted by atomic mass is 16.6. The van der Waals surface area contributed by atoms with E-state index in [0.717, 1.165) is 38.6 Å². The zero-order valence-electron chi connectivity index (χ0n) is 14.9. The van der Waals surface area contributed by atoms with Crippen LogP contribution in [0, 0.1) is 5.92 Å². The zero-order chi connectivity index (χ0) is 16.3. The SMILES string of the molecule is C[C@@H]1CN(C(=O)OC(C)(C)C)C[C@H](C)N1CC1CCNCC1. The maximum absolute atomic E-state index is 12.3. The van der Waals surface area contributed by atoms with Gasteiger partial charge in [0.1, 0.15) is 5.60 Å². The molecular formula is C17H33N3O2. The fourth-order valence-corrected chi connectivity index (χ4v) is 3.55. The number of carbonyl (C=O) groups is 1. The number of hydrogen-bond acceptors (Lipinski definition) is 4. The third-order valence-electron chi connectivity index (χ3n) is 4.68. The lowest BCUT2D eigenvalue weighted by Gasteiger charge is -2.46. The Morgan fingerprint density at radius 2 is 1.68 bits per heavy atom. The fourth-order valence-electron chi connectivity index (χ4n) is 3.55. The Morgan fingerprint density at radius 1 is 1.14 bits per heavy atom. The number of carbonyl (C=O) groups excluding carboxylic acids is 1. The van der Waals surface area contributed by atoms with E-state index in [1.54, 1.807) is 0 Å². The fraction of sp³-hybridized carbons (Fsp3) is 0.941. The predicted octanol–water partition coefficient (Wildman–Crippen LogP) is 2.32. The molecule has 0 aromatic heterocycles. The molecule has 0 spiro atoms. The quantitative estimate of drug-likeness (QED) is 0.850. The van der Waals surface area contributed by atoms with Crippen LogP contribution in [0.4, 0.5) is 4.79 Å². The van der Waals surface area contributed by atoms with Gasteiger partial charge in [0.2, 0.25) is 0 Å². The molecule has 2 atom stereocenters. The molecule has 0 saturated carbocycles. The number of nitrogens with one attached hydrogen (secondary N) is 1. The average Bonchev–Trinajstić information content (AvgIpc) is 2.42. The van der Waals surface area contributed by atoms with Crippen LogP contribution in [0.5, 0.6) is 0 Å². The number of piperazine rings is 1. The monoisotopic (exact) mass is 311 g/mol. The first-order valence-corrected chi connectivity index (χ1v) is 8.70. The molecule has 5 heteroatoms. The number of piperidine rings is 1. The summed E-state index contributed by atoms with van der Waals surface area (Å²) in [4.78, 5) is 16.7. The third-order valence-corrected chi connectivity index (χ3v) is 4.68. The second-order valence-electron chi connectivity index (χ2n) is 7.97. The number of hydrogen-bond donors (Lipinski definition) is 1. The Labute approximate surface area is 135 Å². The normalized spacial score (nSPS) is 28.7. The van der Waals surface area contributed by atoms with Crippen molar-refractivity contribution < 1.29 is 9.53 Å². The summed E-state index contributed by atoms with van der Waals surface area (Å²) in [5.74, 6) is 0.791. The topological polar surface area (TPSA) is 44.8 Å². The van der Waals surface area contributed by atoms with Gasteiger partial charge >= 0.3 is 6.09 Å². The first-order valence-electron chi connectivity index (χ1n) is 8.70. The van der Waals surface area contributed by atoms with Crippen molar-refractivity contribution >= 4 is 6.09 Å². The molecule has 2 aliphatic rings. The van der Waals surface area contributed by atoms with E-state index in [-0.39, 0.29) is 6.09 Å². The summed E-state index contributed by atoms with van der Waals surface area (Å²) in [6.45, 7) is 15.2. The van der Waals surface area contributed by atoms with E-state index in [4.69, 9.17) is 4.74 Å². The van der Waals surface area contributed by atoms with Gasteiger partial charge in [-0.3, -0.25) is 4.90 Å². The summed E-state index contributed by atoms with van der Waals surface area (Å²) >= 11 is 0. The van der Waals surface area contributed by atoms with Gasteiger partial charge in [0.25, 0.3) is 0 Å². The van der Waals surface area contributed by atoms with Crippen molar-refractivity contribution in [3.8, 4) is 0 Å². The molecule has 128 valence electrons. The van der Waals surface area contributed by atoms with E-state index < -0.39 is 5.60 Å². The molecule has 0 bridgehead atoms. The van der Waals surface area contributed by atoms with Crippen molar-refractivity contribution in [2.24, 2.45) is 5.92 Å². The Kier molecular flexibility index (Phi) is 5.72. The maximum Gasteiger partial charge on any atom is 0.410 e. The van der Waals surface area contributed by atoms with Gasteiger partial charge in [-0.1, -0.05) is 0 Å². The number of ether oxygens (including phenoxy) is 1. The van der Waals surface area contributed by atoms with Gasteiger partial charge < -0.3 is 15.0 Å². The van der Waals surface area contributed by atoms with E-state index in [2.05, 4.69) is 24.1 Å². The van der Waals surface area contributed by atoms with Gasteiger partial charge in [-0.05, 0) is 66.5 Å². The number of amides is 1. The molecule has 2 rings (SSSR count). The van der Waals surface area contributed by atoms with E-state index in [1.807, 2.05) is 25.7 Å². The highest BCUT2D eigenvalue weighted by Crippen LogP contribution is 2.22. The summed E-state index contributed by atoms with van der Waals surface area (Å²) in [6, 6.07) is 0.789. The first kappa shape index (κ1) is 17.5. The minimum absolute atomic E-state index is 0.173. The van der Waals surface area contributed by atoms with Crippen LogP contribution in [-0.2, 0) is 4.74 Å². The predicted molar refractivity (Wildman–Crippen MR) is 89.0 cm³/mol. The number of nitrogens with zero attached hydrogens (tertiary/aromatic N) is 2. The molecule has 0 unspecified atom stereocenters. The molecule has 2 heterocycles. The summed E-state index contributed by atoms with van der Waals surface area (Å²) in [5.41, 5.74) is -0.421. The molecule has 2 aliphatic heterocycles. The van der Waals surface area contributed by atoms with Gasteiger partial charge in [0.15, 0.2) is 0 Å². The lowest BCUT2D eigenvalue weighted by molar-refractivity contribution is -0.0123. The van der Waals surface area contributed by atoms with E-state index >= 15 is 0 Å². The van der Waals surface area contributed by atoms with Crippen LogP contribution in [0.1, 0.15) is 47.5 Å². The molecule has 22 heavy (non-hydrogen) atoms.